The second-order valence-corrected chi connectivity index (χ2v) is 18.7. The maximum absolute atomic E-state index is 10.0. The monoisotopic (exact) mass is 966 g/mol. The average Bonchev–Trinajstić information content (AvgIpc) is 4.06. The molecular formula is C68H38N8. The van der Waals surface area contributed by atoms with Crippen LogP contribution < -0.4 is 0 Å². The first-order valence-corrected chi connectivity index (χ1v) is 24.7. The summed E-state index contributed by atoms with van der Waals surface area (Å²) in [5.74, 6) is 0.561. The number of hydrogen-bond acceptors (Lipinski definition) is 6. The van der Waals surface area contributed by atoms with Crippen LogP contribution in [0.2, 0.25) is 0 Å². The summed E-state index contributed by atoms with van der Waals surface area (Å²) in [5, 5.41) is 44.2. The van der Waals surface area contributed by atoms with E-state index in [0.717, 1.165) is 116 Å². The second kappa shape index (κ2) is 18.5. The fourth-order valence-corrected chi connectivity index (χ4v) is 10.7. The van der Waals surface area contributed by atoms with Crippen molar-refractivity contribution in [1.29, 1.82) is 21.0 Å². The molecule has 0 amide bonds. The van der Waals surface area contributed by atoms with Gasteiger partial charge in [-0.15, -0.1) is 0 Å². The van der Waals surface area contributed by atoms with E-state index >= 15 is 0 Å². The summed E-state index contributed by atoms with van der Waals surface area (Å²) in [5.41, 5.74) is 16.8. The highest BCUT2D eigenvalue weighted by Crippen LogP contribution is 2.44. The Morgan fingerprint density at radius 2 is 0.684 bits per heavy atom. The van der Waals surface area contributed by atoms with Gasteiger partial charge in [0, 0.05) is 49.4 Å². The van der Waals surface area contributed by atoms with E-state index in [4.69, 9.17) is 9.97 Å². The van der Waals surface area contributed by atoms with Crippen LogP contribution in [-0.2, 0) is 0 Å². The van der Waals surface area contributed by atoms with Crippen LogP contribution in [0.5, 0.6) is 0 Å². The highest BCUT2D eigenvalue weighted by molar-refractivity contribution is 6.13. The van der Waals surface area contributed by atoms with Gasteiger partial charge in [-0.1, -0.05) is 140 Å². The van der Waals surface area contributed by atoms with E-state index in [2.05, 4.69) is 173 Å². The van der Waals surface area contributed by atoms with Crippen LogP contribution in [0.25, 0.3) is 122 Å². The predicted octanol–water partition coefficient (Wildman–Crippen LogP) is 16.2. The van der Waals surface area contributed by atoms with E-state index in [1.54, 1.807) is 12.1 Å². The van der Waals surface area contributed by atoms with Crippen molar-refractivity contribution in [3.63, 3.8) is 0 Å². The number of rotatable bonds is 8. The lowest BCUT2D eigenvalue weighted by Crippen LogP contribution is -2.03. The molecule has 13 aromatic rings. The number of benzene rings is 10. The first-order valence-electron chi connectivity index (χ1n) is 24.7. The highest BCUT2D eigenvalue weighted by Gasteiger charge is 2.23. The fourth-order valence-electron chi connectivity index (χ4n) is 10.7. The average molecular weight is 967 g/mol. The summed E-state index contributed by atoms with van der Waals surface area (Å²) >= 11 is 0. The van der Waals surface area contributed by atoms with Crippen LogP contribution in [-0.4, -0.2) is 19.1 Å². The van der Waals surface area contributed by atoms with Crippen LogP contribution in [0.3, 0.4) is 0 Å². The Hall–Kier alpha value is -11.2. The zero-order valence-corrected chi connectivity index (χ0v) is 40.5. The van der Waals surface area contributed by atoms with Gasteiger partial charge >= 0.3 is 0 Å². The van der Waals surface area contributed by atoms with Gasteiger partial charge in [-0.3, -0.25) is 0 Å². The van der Waals surface area contributed by atoms with Crippen LogP contribution >= 0.6 is 0 Å². The molecule has 76 heavy (non-hydrogen) atoms. The van der Waals surface area contributed by atoms with Crippen LogP contribution in [0, 0.1) is 45.3 Å². The fraction of sp³-hybridized carbons (Fsp3) is 0. The highest BCUT2D eigenvalue weighted by atomic mass is 15.0. The van der Waals surface area contributed by atoms with Crippen molar-refractivity contribution in [1.82, 2.24) is 19.1 Å². The lowest BCUT2D eigenvalue weighted by Gasteiger charge is -2.20. The smallest absolute Gasteiger partial charge is 0.160 e. The molecule has 0 radical (unpaired) electrons. The number of para-hydroxylation sites is 3. The molecule has 0 aliphatic heterocycles. The molecule has 0 bridgehead atoms. The second-order valence-electron chi connectivity index (χ2n) is 18.7. The Kier molecular flexibility index (Phi) is 10.9. The Morgan fingerprint density at radius 3 is 1.18 bits per heavy atom. The molecule has 3 aromatic heterocycles. The number of aromatic nitrogens is 4. The molecule has 0 saturated heterocycles. The van der Waals surface area contributed by atoms with Gasteiger partial charge < -0.3 is 9.13 Å². The van der Waals surface area contributed by atoms with Crippen molar-refractivity contribution in [2.24, 2.45) is 0 Å². The van der Waals surface area contributed by atoms with Crippen molar-refractivity contribution in [2.45, 2.75) is 0 Å². The van der Waals surface area contributed by atoms with Crippen molar-refractivity contribution in [2.75, 3.05) is 0 Å². The Morgan fingerprint density at radius 1 is 0.276 bits per heavy atom. The van der Waals surface area contributed by atoms with E-state index < -0.39 is 0 Å². The van der Waals surface area contributed by atoms with Gasteiger partial charge in [-0.25, -0.2) is 9.97 Å². The molecule has 0 spiro atoms. The number of fused-ring (bicyclic) bond motifs is 6. The summed E-state index contributed by atoms with van der Waals surface area (Å²) in [4.78, 5) is 10.6. The zero-order valence-electron chi connectivity index (χ0n) is 40.5. The summed E-state index contributed by atoms with van der Waals surface area (Å²) < 4.78 is 4.66. The van der Waals surface area contributed by atoms with Crippen molar-refractivity contribution >= 4 is 43.6 Å². The van der Waals surface area contributed by atoms with Crippen LogP contribution in [0.4, 0.5) is 0 Å². The summed E-state index contributed by atoms with van der Waals surface area (Å²) in [6.45, 7) is 0. The Labute approximate surface area is 437 Å². The van der Waals surface area contributed by atoms with E-state index in [-0.39, 0.29) is 0 Å². The van der Waals surface area contributed by atoms with Crippen molar-refractivity contribution in [3.05, 3.63) is 253 Å². The molecular weight excluding hydrogens is 929 g/mol. The third-order valence-corrected chi connectivity index (χ3v) is 14.2. The largest absolute Gasteiger partial charge is 0.309 e. The van der Waals surface area contributed by atoms with Gasteiger partial charge in [0.25, 0.3) is 0 Å². The number of nitriles is 4. The SMILES string of the molecule is N#Cc1cc(C#N)cc(-c2ccc3c(c2)c2cc(-c4cc(C#N)cc(C#N)c4)ccc2n3-c2cc(-c3nc(-c4ccccc4)cc(-c4ccccc4)n3)ccc2-c2ccccc2-n2c3ccccc3c3ccccc32)c1. The molecule has 0 fully saturated rings. The topological polar surface area (TPSA) is 131 Å². The van der Waals surface area contributed by atoms with Gasteiger partial charge in [0.1, 0.15) is 0 Å². The zero-order chi connectivity index (χ0) is 51.3. The molecule has 3 heterocycles. The summed E-state index contributed by atoms with van der Waals surface area (Å²) in [7, 11) is 0. The van der Waals surface area contributed by atoms with Crippen molar-refractivity contribution < 1.29 is 0 Å². The molecule has 0 aliphatic carbocycles. The van der Waals surface area contributed by atoms with Crippen LogP contribution in [0.15, 0.2) is 231 Å². The molecule has 0 aliphatic rings. The molecule has 10 aromatic carbocycles. The van der Waals surface area contributed by atoms with E-state index in [1.165, 1.54) is 0 Å². The number of hydrogen-bond donors (Lipinski definition) is 0. The summed E-state index contributed by atoms with van der Waals surface area (Å²) in [6, 6.07) is 86.4. The van der Waals surface area contributed by atoms with E-state index in [9.17, 15) is 21.0 Å². The van der Waals surface area contributed by atoms with Gasteiger partial charge in [-0.2, -0.15) is 21.0 Å². The minimum absolute atomic E-state index is 0.391. The van der Waals surface area contributed by atoms with Gasteiger partial charge in [0.2, 0.25) is 0 Å². The molecule has 8 nitrogen and oxygen atoms in total. The molecule has 8 heteroatoms. The molecule has 0 saturated carbocycles. The molecule has 0 atom stereocenters. The molecule has 0 unspecified atom stereocenters. The Bertz CT molecular complexity index is 4380. The molecule has 0 N–H and O–H groups in total. The third kappa shape index (κ3) is 7.68. The minimum atomic E-state index is 0.391. The van der Waals surface area contributed by atoms with Gasteiger partial charge in [0.15, 0.2) is 5.82 Å². The summed E-state index contributed by atoms with van der Waals surface area (Å²) in [6.07, 6.45) is 0. The van der Waals surface area contributed by atoms with Crippen molar-refractivity contribution in [3.8, 4) is 103 Å². The van der Waals surface area contributed by atoms with Gasteiger partial charge in [-0.05, 0) is 113 Å². The lowest BCUT2D eigenvalue weighted by atomic mass is 9.97. The lowest BCUT2D eigenvalue weighted by molar-refractivity contribution is 1.15. The van der Waals surface area contributed by atoms with Crippen LogP contribution in [0.1, 0.15) is 22.3 Å². The minimum Gasteiger partial charge on any atom is -0.309 e. The van der Waals surface area contributed by atoms with Gasteiger partial charge in [0.05, 0.1) is 91.4 Å². The maximum atomic E-state index is 10.0. The number of nitrogens with zero attached hydrogens (tertiary/aromatic N) is 8. The van der Waals surface area contributed by atoms with E-state index in [0.29, 0.717) is 28.1 Å². The van der Waals surface area contributed by atoms with E-state index in [1.807, 2.05) is 78.9 Å². The normalized spacial score (nSPS) is 11.1. The first kappa shape index (κ1) is 44.8. The Balaban J connectivity index is 1.13. The third-order valence-electron chi connectivity index (χ3n) is 14.2. The molecule has 350 valence electrons. The quantitative estimate of drug-likeness (QED) is 0.149. The standard InChI is InChI=1S/C68H38N8/c69-39-43-29-44(40-70)32-52(31-43)49-24-27-65-58(35-49)59-36-50(53-33-45(41-71)30-46(34-53)42-72)25-28-66(59)76(65)67-37-51(68-73-60(47-13-3-1-4-14-47)38-61(74-68)48-15-5-2-6-16-48)23-26-57(67)56-19-9-12-22-64(56)75-62-20-10-7-17-54(62)55-18-8-11-21-63(55)75/h1-38H. The molecule has 13 rings (SSSR count). The predicted molar refractivity (Wildman–Crippen MR) is 302 cm³/mol. The maximum Gasteiger partial charge on any atom is 0.160 e. The first-order chi connectivity index (χ1) is 37.5.